The van der Waals surface area contributed by atoms with Gasteiger partial charge < -0.3 is 10.2 Å². The SMILES string of the molecule is Cc1nc2n(n1)CC(NCC(=O)N1CCc3ccccc31)CC2. The highest BCUT2D eigenvalue weighted by atomic mass is 16.2. The number of carbonyl (C=O) groups is 1. The van der Waals surface area contributed by atoms with Crippen LogP contribution >= 0.6 is 0 Å². The van der Waals surface area contributed by atoms with E-state index in [9.17, 15) is 4.79 Å². The molecule has 0 radical (unpaired) electrons. The van der Waals surface area contributed by atoms with Crippen LogP contribution in [0, 0.1) is 6.92 Å². The molecule has 6 nitrogen and oxygen atoms in total. The summed E-state index contributed by atoms with van der Waals surface area (Å²) in [5.41, 5.74) is 2.33. The minimum absolute atomic E-state index is 0.149. The van der Waals surface area contributed by atoms with Crippen LogP contribution in [0.25, 0.3) is 0 Å². The molecule has 1 atom stereocenters. The summed E-state index contributed by atoms with van der Waals surface area (Å²) in [7, 11) is 0. The van der Waals surface area contributed by atoms with E-state index in [1.54, 1.807) is 0 Å². The second-order valence-corrected chi connectivity index (χ2v) is 6.30. The van der Waals surface area contributed by atoms with E-state index >= 15 is 0 Å². The van der Waals surface area contributed by atoms with Crippen LogP contribution in [0.4, 0.5) is 5.69 Å². The van der Waals surface area contributed by atoms with Crippen molar-refractivity contribution in [3.05, 3.63) is 41.5 Å². The van der Waals surface area contributed by atoms with Gasteiger partial charge >= 0.3 is 0 Å². The van der Waals surface area contributed by atoms with E-state index in [1.165, 1.54) is 5.56 Å². The smallest absolute Gasteiger partial charge is 0.240 e. The molecule has 0 saturated heterocycles. The molecule has 2 aliphatic rings. The zero-order valence-electron chi connectivity index (χ0n) is 13.3. The zero-order chi connectivity index (χ0) is 15.8. The molecule has 1 aromatic carbocycles. The van der Waals surface area contributed by atoms with Crippen molar-refractivity contribution < 1.29 is 4.79 Å². The first-order valence-electron chi connectivity index (χ1n) is 8.22. The Balaban J connectivity index is 1.36. The second-order valence-electron chi connectivity index (χ2n) is 6.30. The van der Waals surface area contributed by atoms with Crippen molar-refractivity contribution in [2.75, 3.05) is 18.0 Å². The van der Waals surface area contributed by atoms with Gasteiger partial charge in [0.15, 0.2) is 0 Å². The first-order valence-corrected chi connectivity index (χ1v) is 8.22. The van der Waals surface area contributed by atoms with Gasteiger partial charge in [-0.05, 0) is 31.4 Å². The molecule has 2 aromatic rings. The third-order valence-electron chi connectivity index (χ3n) is 4.69. The maximum atomic E-state index is 12.5. The number of anilines is 1. The molecule has 1 amide bonds. The fourth-order valence-corrected chi connectivity index (χ4v) is 3.52. The summed E-state index contributed by atoms with van der Waals surface area (Å²) in [5.74, 6) is 2.03. The molecule has 0 spiro atoms. The minimum Gasteiger partial charge on any atom is -0.311 e. The third-order valence-corrected chi connectivity index (χ3v) is 4.69. The standard InChI is InChI=1S/C17H21N5O/c1-12-19-16-7-6-14(11-22(16)20-12)18-10-17(23)21-9-8-13-4-2-3-5-15(13)21/h2-5,14,18H,6-11H2,1H3. The monoisotopic (exact) mass is 311 g/mol. The minimum atomic E-state index is 0.149. The Morgan fingerprint density at radius 2 is 2.22 bits per heavy atom. The predicted octanol–water partition coefficient (Wildman–Crippen LogP) is 1.08. The van der Waals surface area contributed by atoms with E-state index in [-0.39, 0.29) is 11.9 Å². The number of para-hydroxylation sites is 1. The molecule has 6 heteroatoms. The lowest BCUT2D eigenvalue weighted by Crippen LogP contribution is -2.44. The van der Waals surface area contributed by atoms with Gasteiger partial charge in [-0.3, -0.25) is 4.79 Å². The topological polar surface area (TPSA) is 63.1 Å². The Hall–Kier alpha value is -2.21. The zero-order valence-corrected chi connectivity index (χ0v) is 13.3. The molecule has 120 valence electrons. The van der Waals surface area contributed by atoms with Crippen molar-refractivity contribution >= 4 is 11.6 Å². The fourth-order valence-electron chi connectivity index (χ4n) is 3.52. The van der Waals surface area contributed by atoms with Crippen LogP contribution in [0.2, 0.25) is 0 Å². The molecular formula is C17H21N5O. The first kappa shape index (κ1) is 14.4. The Kier molecular flexibility index (Phi) is 3.61. The molecule has 3 heterocycles. The fraction of sp³-hybridized carbons (Fsp3) is 0.471. The molecule has 0 saturated carbocycles. The van der Waals surface area contributed by atoms with Crippen molar-refractivity contribution in [1.29, 1.82) is 0 Å². The number of hydrogen-bond donors (Lipinski definition) is 1. The highest BCUT2D eigenvalue weighted by Crippen LogP contribution is 2.27. The number of amides is 1. The lowest BCUT2D eigenvalue weighted by atomic mass is 10.1. The average Bonchev–Trinajstić information content (AvgIpc) is 3.14. The van der Waals surface area contributed by atoms with Gasteiger partial charge in [0.1, 0.15) is 11.6 Å². The summed E-state index contributed by atoms with van der Waals surface area (Å²) in [6.07, 6.45) is 2.87. The van der Waals surface area contributed by atoms with Gasteiger partial charge in [0.25, 0.3) is 0 Å². The largest absolute Gasteiger partial charge is 0.311 e. The van der Waals surface area contributed by atoms with Crippen molar-refractivity contribution in [2.24, 2.45) is 0 Å². The summed E-state index contributed by atoms with van der Waals surface area (Å²) < 4.78 is 1.96. The Morgan fingerprint density at radius 3 is 3.13 bits per heavy atom. The molecule has 1 aromatic heterocycles. The van der Waals surface area contributed by atoms with Crippen LogP contribution in [0.15, 0.2) is 24.3 Å². The molecule has 1 N–H and O–H groups in total. The Bertz CT molecular complexity index is 738. The Morgan fingerprint density at radius 1 is 1.35 bits per heavy atom. The van der Waals surface area contributed by atoms with Gasteiger partial charge in [-0.1, -0.05) is 18.2 Å². The quantitative estimate of drug-likeness (QED) is 0.921. The summed E-state index contributed by atoms with van der Waals surface area (Å²) in [6, 6.07) is 8.44. The van der Waals surface area contributed by atoms with Crippen molar-refractivity contribution in [1.82, 2.24) is 20.1 Å². The third kappa shape index (κ3) is 2.74. The van der Waals surface area contributed by atoms with E-state index < -0.39 is 0 Å². The summed E-state index contributed by atoms with van der Waals surface area (Å²) in [5, 5.41) is 7.81. The van der Waals surface area contributed by atoms with Crippen molar-refractivity contribution in [2.45, 2.75) is 38.8 Å². The van der Waals surface area contributed by atoms with Crippen molar-refractivity contribution in [3.63, 3.8) is 0 Å². The van der Waals surface area contributed by atoms with Crippen molar-refractivity contribution in [3.8, 4) is 0 Å². The maximum absolute atomic E-state index is 12.5. The van der Waals surface area contributed by atoms with E-state index in [0.717, 1.165) is 49.7 Å². The number of rotatable bonds is 3. The van der Waals surface area contributed by atoms with E-state index in [2.05, 4.69) is 21.5 Å². The molecule has 23 heavy (non-hydrogen) atoms. The molecule has 0 bridgehead atoms. The normalized spacial score (nSPS) is 19.5. The number of carbonyl (C=O) groups excluding carboxylic acids is 1. The maximum Gasteiger partial charge on any atom is 0.240 e. The number of fused-ring (bicyclic) bond motifs is 2. The molecule has 0 aliphatic carbocycles. The summed E-state index contributed by atoms with van der Waals surface area (Å²) in [6.45, 7) is 3.88. The highest BCUT2D eigenvalue weighted by molar-refractivity contribution is 5.96. The van der Waals surface area contributed by atoms with Crippen LogP contribution < -0.4 is 10.2 Å². The number of hydrogen-bond acceptors (Lipinski definition) is 4. The summed E-state index contributed by atoms with van der Waals surface area (Å²) in [4.78, 5) is 18.8. The van der Waals surface area contributed by atoms with Gasteiger partial charge in [-0.15, -0.1) is 0 Å². The number of aromatic nitrogens is 3. The van der Waals surface area contributed by atoms with Gasteiger partial charge in [-0.2, -0.15) is 5.10 Å². The van der Waals surface area contributed by atoms with Crippen LogP contribution in [0.3, 0.4) is 0 Å². The molecule has 4 rings (SSSR count). The van der Waals surface area contributed by atoms with E-state index in [4.69, 9.17) is 0 Å². The van der Waals surface area contributed by atoms with E-state index in [0.29, 0.717) is 6.54 Å². The second kappa shape index (κ2) is 5.77. The van der Waals surface area contributed by atoms with Gasteiger partial charge in [-0.25, -0.2) is 9.67 Å². The molecular weight excluding hydrogens is 290 g/mol. The van der Waals surface area contributed by atoms with Crippen LogP contribution in [0.1, 0.15) is 23.6 Å². The highest BCUT2D eigenvalue weighted by Gasteiger charge is 2.26. The first-order chi connectivity index (χ1) is 11.2. The lowest BCUT2D eigenvalue weighted by Gasteiger charge is -2.25. The van der Waals surface area contributed by atoms with Crippen LogP contribution in [-0.2, 0) is 24.2 Å². The number of nitrogens with one attached hydrogen (secondary N) is 1. The van der Waals surface area contributed by atoms with Gasteiger partial charge in [0, 0.05) is 24.7 Å². The molecule has 0 fully saturated rings. The predicted molar refractivity (Wildman–Crippen MR) is 87.4 cm³/mol. The number of nitrogens with zero attached hydrogens (tertiary/aromatic N) is 4. The average molecular weight is 311 g/mol. The molecule has 1 unspecified atom stereocenters. The Labute approximate surface area is 135 Å². The van der Waals surface area contributed by atoms with E-state index in [1.807, 2.05) is 34.7 Å². The number of benzene rings is 1. The van der Waals surface area contributed by atoms with Gasteiger partial charge in [0.2, 0.25) is 5.91 Å². The van der Waals surface area contributed by atoms with Gasteiger partial charge in [0.05, 0.1) is 13.1 Å². The van der Waals surface area contributed by atoms with Crippen LogP contribution in [-0.4, -0.2) is 39.8 Å². The summed E-state index contributed by atoms with van der Waals surface area (Å²) >= 11 is 0. The molecule has 2 aliphatic heterocycles. The van der Waals surface area contributed by atoms with Crippen LogP contribution in [0.5, 0.6) is 0 Å². The number of aryl methyl sites for hydroxylation is 2. The lowest BCUT2D eigenvalue weighted by molar-refractivity contribution is -0.117.